The Morgan fingerprint density at radius 1 is 1.06 bits per heavy atom. The van der Waals surface area contributed by atoms with Crippen LogP contribution in [0, 0.1) is 0 Å². The van der Waals surface area contributed by atoms with E-state index in [1.807, 2.05) is 6.07 Å². The number of hydrogen-bond donors (Lipinski definition) is 1. The van der Waals surface area contributed by atoms with Crippen molar-refractivity contribution < 1.29 is 14.3 Å². The fraction of sp³-hybridized carbons (Fsp3) is 0.231. The molecule has 1 heterocycles. The minimum atomic E-state index is -0.389. The molecule has 0 unspecified atom stereocenters. The summed E-state index contributed by atoms with van der Waals surface area (Å²) in [6.07, 6.45) is 3.28. The molecule has 0 radical (unpaired) electrons. The first kappa shape index (κ1) is 21.1. The van der Waals surface area contributed by atoms with Crippen molar-refractivity contribution in [2.24, 2.45) is 0 Å². The molecular formula is C26H25NO3S. The molecule has 4 rings (SSSR count). The van der Waals surface area contributed by atoms with Crippen molar-refractivity contribution >= 4 is 34.5 Å². The molecule has 3 aromatic rings. The SMILES string of the molecule is CCOC(=O)c1ccc(C(=O)Nc2ccc3c(c2)C(c2cccs2)=CCC3(C)C)cc1. The van der Waals surface area contributed by atoms with Gasteiger partial charge in [-0.2, -0.15) is 0 Å². The number of thiophene rings is 1. The molecule has 2 aromatic carbocycles. The monoisotopic (exact) mass is 431 g/mol. The summed E-state index contributed by atoms with van der Waals surface area (Å²) in [5.41, 5.74) is 5.38. The second-order valence-corrected chi connectivity index (χ2v) is 9.14. The summed E-state index contributed by atoms with van der Waals surface area (Å²) < 4.78 is 4.99. The van der Waals surface area contributed by atoms with E-state index in [1.165, 1.54) is 16.0 Å². The molecule has 1 aliphatic rings. The number of carbonyl (C=O) groups excluding carboxylic acids is 2. The van der Waals surface area contributed by atoms with Crippen molar-refractivity contribution in [3.05, 3.63) is 93.2 Å². The largest absolute Gasteiger partial charge is 0.462 e. The smallest absolute Gasteiger partial charge is 0.338 e. The van der Waals surface area contributed by atoms with Crippen LogP contribution >= 0.6 is 11.3 Å². The van der Waals surface area contributed by atoms with Crippen molar-refractivity contribution in [3.8, 4) is 0 Å². The second kappa shape index (κ2) is 8.52. The van der Waals surface area contributed by atoms with E-state index >= 15 is 0 Å². The molecule has 0 aliphatic heterocycles. The molecule has 0 bridgehead atoms. The Morgan fingerprint density at radius 3 is 2.48 bits per heavy atom. The Balaban J connectivity index is 1.59. The van der Waals surface area contributed by atoms with E-state index in [4.69, 9.17) is 4.74 Å². The normalized spacial score (nSPS) is 14.4. The van der Waals surface area contributed by atoms with E-state index in [0.29, 0.717) is 17.7 Å². The number of benzene rings is 2. The highest BCUT2D eigenvalue weighted by Crippen LogP contribution is 2.43. The van der Waals surface area contributed by atoms with Crippen LogP contribution < -0.4 is 5.32 Å². The lowest BCUT2D eigenvalue weighted by molar-refractivity contribution is 0.0526. The Kier molecular flexibility index (Phi) is 5.79. The fourth-order valence-corrected chi connectivity index (χ4v) is 4.63. The number of fused-ring (bicyclic) bond motifs is 1. The molecule has 0 fully saturated rings. The zero-order valence-corrected chi connectivity index (χ0v) is 18.7. The number of carbonyl (C=O) groups is 2. The highest BCUT2D eigenvalue weighted by molar-refractivity contribution is 7.11. The topological polar surface area (TPSA) is 55.4 Å². The molecule has 4 nitrogen and oxygen atoms in total. The molecule has 0 spiro atoms. The first-order chi connectivity index (χ1) is 14.9. The van der Waals surface area contributed by atoms with Crippen LogP contribution in [0.1, 0.15) is 63.9 Å². The number of anilines is 1. The van der Waals surface area contributed by atoms with Crippen molar-refractivity contribution in [1.82, 2.24) is 0 Å². The van der Waals surface area contributed by atoms with Gasteiger partial charge in [0.1, 0.15) is 0 Å². The van der Waals surface area contributed by atoms with Crippen LogP contribution in [0.25, 0.3) is 5.57 Å². The lowest BCUT2D eigenvalue weighted by atomic mass is 9.73. The number of esters is 1. The summed E-state index contributed by atoms with van der Waals surface area (Å²) in [5.74, 6) is -0.605. The Bertz CT molecular complexity index is 1140. The maximum atomic E-state index is 12.8. The van der Waals surface area contributed by atoms with Crippen LogP contribution in [0.15, 0.2) is 66.1 Å². The van der Waals surface area contributed by atoms with E-state index in [9.17, 15) is 9.59 Å². The van der Waals surface area contributed by atoms with Crippen LogP contribution in [-0.2, 0) is 10.2 Å². The molecular weight excluding hydrogens is 406 g/mol. The highest BCUT2D eigenvalue weighted by Gasteiger charge is 2.29. The second-order valence-electron chi connectivity index (χ2n) is 8.20. The minimum absolute atomic E-state index is 0.0432. The van der Waals surface area contributed by atoms with Gasteiger partial charge in [0.25, 0.3) is 5.91 Å². The number of rotatable bonds is 5. The predicted octanol–water partition coefficient (Wildman–Crippen LogP) is 6.29. The third kappa shape index (κ3) is 4.32. The van der Waals surface area contributed by atoms with Crippen LogP contribution in [-0.4, -0.2) is 18.5 Å². The summed E-state index contributed by atoms with van der Waals surface area (Å²) in [7, 11) is 0. The summed E-state index contributed by atoms with van der Waals surface area (Å²) >= 11 is 1.72. The molecule has 0 atom stereocenters. The van der Waals surface area contributed by atoms with Gasteiger partial charge in [0.05, 0.1) is 12.2 Å². The lowest BCUT2D eigenvalue weighted by Gasteiger charge is -2.32. The third-order valence-corrected chi connectivity index (χ3v) is 6.46. The maximum Gasteiger partial charge on any atom is 0.338 e. The van der Waals surface area contributed by atoms with Gasteiger partial charge >= 0.3 is 5.97 Å². The van der Waals surface area contributed by atoms with Crippen molar-refractivity contribution in [2.45, 2.75) is 32.6 Å². The molecule has 1 amide bonds. The fourth-order valence-electron chi connectivity index (χ4n) is 3.85. The van der Waals surface area contributed by atoms with Gasteiger partial charge in [-0.05, 0) is 83.3 Å². The molecule has 0 saturated carbocycles. The van der Waals surface area contributed by atoms with Crippen molar-refractivity contribution in [3.63, 3.8) is 0 Å². The Hall–Kier alpha value is -3.18. The maximum absolute atomic E-state index is 12.8. The van der Waals surface area contributed by atoms with Crippen LogP contribution in [0.5, 0.6) is 0 Å². The van der Waals surface area contributed by atoms with Crippen LogP contribution in [0.3, 0.4) is 0 Å². The first-order valence-electron chi connectivity index (χ1n) is 10.4. The summed E-state index contributed by atoms with van der Waals surface area (Å²) in [6, 6.07) is 16.8. The lowest BCUT2D eigenvalue weighted by Crippen LogP contribution is -2.22. The Morgan fingerprint density at radius 2 is 1.81 bits per heavy atom. The quantitative estimate of drug-likeness (QED) is 0.483. The van der Waals surface area contributed by atoms with Gasteiger partial charge in [-0.15, -0.1) is 11.3 Å². The molecule has 31 heavy (non-hydrogen) atoms. The van der Waals surface area contributed by atoms with Gasteiger partial charge < -0.3 is 10.1 Å². The van der Waals surface area contributed by atoms with Gasteiger partial charge in [-0.1, -0.05) is 32.1 Å². The average molecular weight is 432 g/mol. The standard InChI is InChI=1S/C26H25NO3S/c1-4-30-25(29)18-9-7-17(8-10-18)24(28)27-19-11-12-22-21(16-19)20(13-14-26(22,2)3)23-6-5-15-31-23/h5-13,15-16H,4,14H2,1-3H3,(H,27,28). The zero-order chi connectivity index (χ0) is 22.0. The number of hydrogen-bond acceptors (Lipinski definition) is 4. The molecule has 1 N–H and O–H groups in total. The molecule has 158 valence electrons. The summed E-state index contributed by atoms with van der Waals surface area (Å²) in [6.45, 7) is 6.57. The van der Waals surface area contributed by atoms with Crippen molar-refractivity contribution in [1.29, 1.82) is 0 Å². The van der Waals surface area contributed by atoms with E-state index < -0.39 is 0 Å². The molecule has 1 aliphatic carbocycles. The number of ether oxygens (including phenoxy) is 1. The third-order valence-electron chi connectivity index (χ3n) is 5.56. The number of nitrogens with one attached hydrogen (secondary N) is 1. The molecule has 0 saturated heterocycles. The van der Waals surface area contributed by atoms with Crippen LogP contribution in [0.2, 0.25) is 0 Å². The summed E-state index contributed by atoms with van der Waals surface area (Å²) in [4.78, 5) is 25.8. The van der Waals surface area contributed by atoms with Gasteiger partial charge in [-0.25, -0.2) is 4.79 Å². The van der Waals surface area contributed by atoms with Crippen LogP contribution in [0.4, 0.5) is 5.69 Å². The van der Waals surface area contributed by atoms with Gasteiger partial charge in [0.15, 0.2) is 0 Å². The Labute approximate surface area is 186 Å². The average Bonchev–Trinajstić information content (AvgIpc) is 3.28. The highest BCUT2D eigenvalue weighted by atomic mass is 32.1. The first-order valence-corrected chi connectivity index (χ1v) is 11.2. The van der Waals surface area contributed by atoms with E-state index in [2.05, 4.69) is 54.9 Å². The van der Waals surface area contributed by atoms with E-state index in [1.54, 1.807) is 42.5 Å². The van der Waals surface area contributed by atoms with E-state index in [-0.39, 0.29) is 17.3 Å². The van der Waals surface area contributed by atoms with Gasteiger partial charge in [0.2, 0.25) is 0 Å². The zero-order valence-electron chi connectivity index (χ0n) is 17.9. The molecule has 1 aromatic heterocycles. The van der Waals surface area contributed by atoms with Gasteiger partial charge in [-0.3, -0.25) is 4.79 Å². The number of allylic oxidation sites excluding steroid dienone is 1. The molecule has 5 heteroatoms. The number of amides is 1. The predicted molar refractivity (Wildman–Crippen MR) is 126 cm³/mol. The van der Waals surface area contributed by atoms with Gasteiger partial charge in [0, 0.05) is 16.1 Å². The van der Waals surface area contributed by atoms with E-state index in [0.717, 1.165) is 17.7 Å². The van der Waals surface area contributed by atoms with Crippen molar-refractivity contribution in [2.75, 3.05) is 11.9 Å². The summed E-state index contributed by atoms with van der Waals surface area (Å²) in [5, 5.41) is 5.08. The minimum Gasteiger partial charge on any atom is -0.462 e.